The summed E-state index contributed by atoms with van der Waals surface area (Å²) in [5, 5.41) is 11.7. The van der Waals surface area contributed by atoms with Gasteiger partial charge in [0.1, 0.15) is 11.6 Å². The Kier molecular flexibility index (Phi) is 4.95. The minimum absolute atomic E-state index is 0.114. The van der Waals surface area contributed by atoms with E-state index in [4.69, 9.17) is 0 Å². The molecule has 0 spiro atoms. The third-order valence-electron chi connectivity index (χ3n) is 5.60. The van der Waals surface area contributed by atoms with Gasteiger partial charge in [0.05, 0.1) is 11.3 Å². The molecule has 2 aliphatic rings. The molecule has 1 aliphatic heterocycles. The van der Waals surface area contributed by atoms with Gasteiger partial charge in [0.15, 0.2) is 0 Å². The quantitative estimate of drug-likeness (QED) is 0.586. The van der Waals surface area contributed by atoms with Crippen LogP contribution < -0.4 is 5.32 Å². The van der Waals surface area contributed by atoms with Crippen LogP contribution >= 0.6 is 0 Å². The maximum Gasteiger partial charge on any atom is 0.418 e. The molecule has 150 valence electrons. The molecule has 4 nitrogen and oxygen atoms in total. The zero-order valence-electron chi connectivity index (χ0n) is 16.2. The molecule has 1 saturated heterocycles. The number of anilines is 1. The third-order valence-corrected chi connectivity index (χ3v) is 5.60. The number of para-hydroxylation sites is 1. The maximum absolute atomic E-state index is 13.1. The van der Waals surface area contributed by atoms with Crippen LogP contribution in [0.1, 0.15) is 45.6 Å². The van der Waals surface area contributed by atoms with E-state index in [1.807, 2.05) is 11.0 Å². The molecule has 1 heterocycles. The Bertz CT molecular complexity index is 853. The first kappa shape index (κ1) is 20.2. The van der Waals surface area contributed by atoms with Crippen molar-refractivity contribution in [1.29, 1.82) is 5.26 Å². The van der Waals surface area contributed by atoms with E-state index in [9.17, 15) is 23.2 Å². The van der Waals surface area contributed by atoms with E-state index in [0.29, 0.717) is 0 Å². The molecule has 1 aliphatic carbocycles. The van der Waals surface area contributed by atoms with Crippen LogP contribution in [0.25, 0.3) is 0 Å². The number of carbonyl (C=O) groups is 1. The molecule has 7 heteroatoms. The van der Waals surface area contributed by atoms with Crippen molar-refractivity contribution >= 4 is 11.6 Å². The maximum atomic E-state index is 13.1. The van der Waals surface area contributed by atoms with Crippen LogP contribution in [0.3, 0.4) is 0 Å². The molecule has 28 heavy (non-hydrogen) atoms. The first-order chi connectivity index (χ1) is 12.9. The molecule has 1 aromatic carbocycles. The van der Waals surface area contributed by atoms with E-state index in [1.54, 1.807) is 0 Å². The van der Waals surface area contributed by atoms with Crippen molar-refractivity contribution in [1.82, 2.24) is 4.90 Å². The molecule has 1 saturated carbocycles. The Morgan fingerprint density at radius 1 is 1.29 bits per heavy atom. The number of hydrogen-bond acceptors (Lipinski definition) is 3. The monoisotopic (exact) mass is 391 g/mol. The highest BCUT2D eigenvalue weighted by Crippen LogP contribution is 2.52. The number of amides is 1. The molecule has 1 N–H and O–H groups in total. The molecule has 3 rings (SSSR count). The topological polar surface area (TPSA) is 56.1 Å². The van der Waals surface area contributed by atoms with Crippen molar-refractivity contribution in [3.63, 3.8) is 0 Å². The van der Waals surface area contributed by atoms with Gasteiger partial charge in [0, 0.05) is 18.8 Å². The fourth-order valence-electron chi connectivity index (χ4n) is 4.99. The number of hydrogen-bond donors (Lipinski definition) is 1. The van der Waals surface area contributed by atoms with Gasteiger partial charge in [0.2, 0.25) is 0 Å². The van der Waals surface area contributed by atoms with Crippen molar-refractivity contribution in [2.24, 2.45) is 10.8 Å². The van der Waals surface area contributed by atoms with Crippen LogP contribution in [0.2, 0.25) is 0 Å². The standard InChI is InChI=1S/C21H24F3N3O/c1-19(2)8-15-9-20(3,12-19)13-27(15)11-14(10-25)18(28)26-17-7-5-4-6-16(17)21(22,23)24/h4-7,11,15H,8-9,12-13H2,1-3H3,(H,26,28)/b14-11-. The van der Waals surface area contributed by atoms with Gasteiger partial charge < -0.3 is 10.2 Å². The SMILES string of the molecule is CC1(C)CC2CC(C)(CN2/C=C(/C#N)C(=O)Nc2ccccc2C(F)(F)F)C1. The second kappa shape index (κ2) is 6.84. The number of nitriles is 1. The summed E-state index contributed by atoms with van der Waals surface area (Å²) < 4.78 is 39.4. The molecule has 2 bridgehead atoms. The first-order valence-electron chi connectivity index (χ1n) is 9.28. The van der Waals surface area contributed by atoms with Crippen molar-refractivity contribution < 1.29 is 18.0 Å². The van der Waals surface area contributed by atoms with Crippen molar-refractivity contribution in [3.05, 3.63) is 41.6 Å². The number of rotatable bonds is 3. The number of nitrogens with one attached hydrogen (secondary N) is 1. The number of likely N-dealkylation sites (tertiary alicyclic amines) is 1. The Hall–Kier alpha value is -2.49. The molecular weight excluding hydrogens is 367 g/mol. The minimum Gasteiger partial charge on any atom is -0.373 e. The summed E-state index contributed by atoms with van der Waals surface area (Å²) in [4.78, 5) is 14.5. The molecule has 1 amide bonds. The third kappa shape index (κ3) is 4.16. The van der Waals surface area contributed by atoms with Crippen LogP contribution in [-0.4, -0.2) is 23.4 Å². The normalized spacial score (nSPS) is 26.7. The van der Waals surface area contributed by atoms with Gasteiger partial charge in [-0.2, -0.15) is 18.4 Å². The zero-order valence-corrected chi connectivity index (χ0v) is 16.2. The Morgan fingerprint density at radius 3 is 2.61 bits per heavy atom. The fraction of sp³-hybridized carbons (Fsp3) is 0.524. The van der Waals surface area contributed by atoms with Gasteiger partial charge >= 0.3 is 6.18 Å². The molecule has 2 fully saturated rings. The lowest BCUT2D eigenvalue weighted by Crippen LogP contribution is -2.33. The van der Waals surface area contributed by atoms with Crippen molar-refractivity contribution in [3.8, 4) is 6.07 Å². The largest absolute Gasteiger partial charge is 0.418 e. The summed E-state index contributed by atoms with van der Waals surface area (Å²) in [5.41, 5.74) is -1.18. The van der Waals surface area contributed by atoms with Gasteiger partial charge in [-0.15, -0.1) is 0 Å². The lowest BCUT2D eigenvalue weighted by Gasteiger charge is -2.39. The zero-order chi connectivity index (χ0) is 20.7. The number of carbonyl (C=O) groups excluding carboxylic acids is 1. The van der Waals surface area contributed by atoms with Gasteiger partial charge in [-0.25, -0.2) is 0 Å². The Balaban J connectivity index is 1.82. The summed E-state index contributed by atoms with van der Waals surface area (Å²) in [6.45, 7) is 7.38. The number of benzene rings is 1. The van der Waals surface area contributed by atoms with Gasteiger partial charge in [-0.3, -0.25) is 4.79 Å². The van der Waals surface area contributed by atoms with Gasteiger partial charge in [-0.05, 0) is 42.2 Å². The van der Waals surface area contributed by atoms with Gasteiger partial charge in [0.25, 0.3) is 5.91 Å². The smallest absolute Gasteiger partial charge is 0.373 e. The second-order valence-corrected chi connectivity index (χ2v) is 9.04. The number of nitrogens with zero attached hydrogens (tertiary/aromatic N) is 2. The summed E-state index contributed by atoms with van der Waals surface area (Å²) in [6.07, 6.45) is -0.0657. The summed E-state index contributed by atoms with van der Waals surface area (Å²) in [5.74, 6) is -0.829. The van der Waals surface area contributed by atoms with E-state index in [2.05, 4.69) is 26.1 Å². The average Bonchev–Trinajstić information content (AvgIpc) is 2.80. The summed E-state index contributed by atoms with van der Waals surface area (Å²) in [7, 11) is 0. The van der Waals surface area contributed by atoms with Crippen LogP contribution in [-0.2, 0) is 11.0 Å². The van der Waals surface area contributed by atoms with E-state index < -0.39 is 17.6 Å². The fourth-order valence-corrected chi connectivity index (χ4v) is 4.99. The van der Waals surface area contributed by atoms with Crippen LogP contribution in [0.15, 0.2) is 36.0 Å². The average molecular weight is 391 g/mol. The molecular formula is C21H24F3N3O. The van der Waals surface area contributed by atoms with Crippen LogP contribution in [0, 0.1) is 22.2 Å². The Labute approximate surface area is 163 Å². The van der Waals surface area contributed by atoms with Crippen molar-refractivity contribution in [2.75, 3.05) is 11.9 Å². The number of halogens is 3. The molecule has 2 atom stereocenters. The highest BCUT2D eigenvalue weighted by Gasteiger charge is 2.49. The lowest BCUT2D eigenvalue weighted by molar-refractivity contribution is -0.137. The van der Waals surface area contributed by atoms with Crippen LogP contribution in [0.4, 0.5) is 18.9 Å². The van der Waals surface area contributed by atoms with Gasteiger partial charge in [-0.1, -0.05) is 32.9 Å². The van der Waals surface area contributed by atoms with E-state index in [0.717, 1.165) is 31.9 Å². The van der Waals surface area contributed by atoms with E-state index in [1.165, 1.54) is 24.4 Å². The van der Waals surface area contributed by atoms with Crippen LogP contribution in [0.5, 0.6) is 0 Å². The second-order valence-electron chi connectivity index (χ2n) is 9.04. The minimum atomic E-state index is -4.59. The number of fused-ring (bicyclic) bond motifs is 2. The Morgan fingerprint density at radius 2 is 1.96 bits per heavy atom. The molecule has 0 aromatic heterocycles. The number of alkyl halides is 3. The predicted octanol–water partition coefficient (Wildman–Crippen LogP) is 4.95. The summed E-state index contributed by atoms with van der Waals surface area (Å²) >= 11 is 0. The van der Waals surface area contributed by atoms with E-state index in [-0.39, 0.29) is 28.1 Å². The highest BCUT2D eigenvalue weighted by molar-refractivity contribution is 6.06. The first-order valence-corrected chi connectivity index (χ1v) is 9.28. The van der Waals surface area contributed by atoms with E-state index >= 15 is 0 Å². The molecule has 0 radical (unpaired) electrons. The molecule has 1 aromatic rings. The summed E-state index contributed by atoms with van der Waals surface area (Å²) in [6, 6.07) is 6.83. The lowest BCUT2D eigenvalue weighted by atomic mass is 9.65. The van der Waals surface area contributed by atoms with Crippen molar-refractivity contribution in [2.45, 2.75) is 52.3 Å². The molecule has 2 unspecified atom stereocenters. The highest BCUT2D eigenvalue weighted by atomic mass is 19.4. The predicted molar refractivity (Wildman–Crippen MR) is 100 cm³/mol.